The molecule has 0 spiro atoms. The minimum Gasteiger partial charge on any atom is -0.508 e. The number of nitrogens with zero attached hydrogens (tertiary/aromatic N) is 2. The number of amides is 8. The molecule has 1 aromatic carbocycles. The molecule has 26 heteroatoms. The second-order valence-corrected chi connectivity index (χ2v) is 21.2. The average molecular weight is 1110 g/mol. The van der Waals surface area contributed by atoms with Crippen LogP contribution in [0.4, 0.5) is 0 Å². The molecule has 0 saturated carbocycles. The third-order valence-electron chi connectivity index (χ3n) is 14.7. The molecule has 2 unspecified atom stereocenters. The fourth-order valence-electron chi connectivity index (χ4n) is 10.1. The lowest BCUT2D eigenvalue weighted by molar-refractivity contribution is -0.150. The molecule has 3 aliphatic heterocycles. The smallest absolute Gasteiger partial charge is 0.248 e. The molecule has 0 aromatic heterocycles. The zero-order valence-corrected chi connectivity index (χ0v) is 45.1. The number of phenolic OH excluding ortho intramolecular Hbond substituents is 1. The normalized spacial score (nSPS) is 28.4. The van der Waals surface area contributed by atoms with Gasteiger partial charge in [-0.25, -0.2) is 0 Å². The van der Waals surface area contributed by atoms with Crippen LogP contribution in [0.25, 0.3) is 0 Å². The van der Waals surface area contributed by atoms with E-state index in [2.05, 4.69) is 47.4 Å². The van der Waals surface area contributed by atoms with E-state index in [1.54, 1.807) is 0 Å². The van der Waals surface area contributed by atoms with Gasteiger partial charge in [-0.3, -0.25) is 38.4 Å². The Kier molecular flexibility index (Phi) is 26.0. The number of aliphatic hydroxyl groups is 7. The van der Waals surface area contributed by atoms with Gasteiger partial charge in [-0.2, -0.15) is 0 Å². The maximum absolute atomic E-state index is 14.6. The van der Waals surface area contributed by atoms with Crippen LogP contribution in [0.2, 0.25) is 0 Å². The Morgan fingerprint density at radius 3 is 2.00 bits per heavy atom. The number of hydrogen-bond donors (Lipinski definition) is 15. The minimum absolute atomic E-state index is 0.0611. The number of hydrogen-bond acceptors (Lipinski definition) is 18. The van der Waals surface area contributed by atoms with Crippen molar-refractivity contribution < 1.29 is 83.9 Å². The van der Waals surface area contributed by atoms with Crippen molar-refractivity contribution in [1.82, 2.24) is 36.4 Å². The molecule has 17 N–H and O–H groups in total. The number of unbranched alkanes of at least 4 members (excludes halogenated alkanes) is 5. The first-order valence-electron chi connectivity index (χ1n) is 27.2. The van der Waals surface area contributed by atoms with E-state index in [1.165, 1.54) is 18.6 Å². The molecular weight excluding hydrogens is 1020 g/mol. The first kappa shape index (κ1) is 64.9. The molecule has 1 aromatic rings. The van der Waals surface area contributed by atoms with Crippen molar-refractivity contribution in [2.24, 2.45) is 23.3 Å². The highest BCUT2D eigenvalue weighted by Gasteiger charge is 2.49. The largest absolute Gasteiger partial charge is 0.508 e. The average Bonchev–Trinajstić information content (AvgIpc) is 4.01. The van der Waals surface area contributed by atoms with Crippen molar-refractivity contribution >= 4 is 47.3 Å². The van der Waals surface area contributed by atoms with Gasteiger partial charge in [0.25, 0.3) is 0 Å². The Balaban J connectivity index is 1.74. The van der Waals surface area contributed by atoms with Gasteiger partial charge in [0.05, 0.1) is 37.4 Å². The lowest BCUT2D eigenvalue weighted by atomic mass is 9.91. The quantitative estimate of drug-likeness (QED) is 0.0476. The zero-order chi connectivity index (χ0) is 58.0. The van der Waals surface area contributed by atoms with Crippen LogP contribution in [-0.4, -0.2) is 203 Å². The summed E-state index contributed by atoms with van der Waals surface area (Å²) in [7, 11) is 0. The van der Waals surface area contributed by atoms with Crippen molar-refractivity contribution in [2.75, 3.05) is 26.2 Å². The first-order valence-corrected chi connectivity index (χ1v) is 27.2. The molecule has 440 valence electrons. The van der Waals surface area contributed by atoms with Gasteiger partial charge in [0.1, 0.15) is 60.3 Å². The summed E-state index contributed by atoms with van der Waals surface area (Å²) in [5.41, 5.74) is 11.0. The number of ether oxygens (including phenoxy) is 1. The Hall–Kier alpha value is -5.58. The number of primary amides is 1. The second-order valence-electron chi connectivity index (χ2n) is 21.2. The molecule has 8 amide bonds. The van der Waals surface area contributed by atoms with Gasteiger partial charge in [0.2, 0.25) is 47.3 Å². The van der Waals surface area contributed by atoms with Crippen molar-refractivity contribution in [3.05, 3.63) is 29.8 Å². The van der Waals surface area contributed by atoms with E-state index in [4.69, 9.17) is 16.2 Å². The maximum atomic E-state index is 14.6. The Bertz CT molecular complexity index is 2160. The van der Waals surface area contributed by atoms with Crippen LogP contribution in [0.15, 0.2) is 24.3 Å². The van der Waals surface area contributed by atoms with Gasteiger partial charge in [-0.15, -0.1) is 0 Å². The van der Waals surface area contributed by atoms with E-state index in [0.29, 0.717) is 24.7 Å². The summed E-state index contributed by atoms with van der Waals surface area (Å²) < 4.78 is 5.70. The number of aliphatic hydroxyl groups excluding tert-OH is 7. The van der Waals surface area contributed by atoms with Gasteiger partial charge < -0.3 is 93.4 Å². The molecule has 4 rings (SSSR count). The molecule has 3 heterocycles. The number of carbonyl (C=O) groups excluding carboxylic acids is 8. The number of fused-ring (bicyclic) bond motifs is 2. The summed E-state index contributed by atoms with van der Waals surface area (Å²) in [4.78, 5) is 114. The van der Waals surface area contributed by atoms with Crippen molar-refractivity contribution in [3.8, 4) is 5.75 Å². The zero-order valence-electron chi connectivity index (χ0n) is 45.1. The number of carbonyl (C=O) groups is 8. The summed E-state index contributed by atoms with van der Waals surface area (Å²) in [5, 5.41) is 101. The molecule has 78 heavy (non-hydrogen) atoms. The number of nitrogens with two attached hydrogens (primary N) is 2. The Labute approximate surface area is 454 Å². The molecule has 16 atom stereocenters. The van der Waals surface area contributed by atoms with Gasteiger partial charge >= 0.3 is 0 Å². The number of nitrogens with one attached hydrogen (secondary N) is 5. The van der Waals surface area contributed by atoms with Gasteiger partial charge in [-0.1, -0.05) is 77.8 Å². The second kappa shape index (κ2) is 31.3. The van der Waals surface area contributed by atoms with Gasteiger partial charge in [-0.05, 0) is 55.7 Å². The number of phenols is 1. The van der Waals surface area contributed by atoms with E-state index in [-0.39, 0.29) is 37.3 Å². The fourth-order valence-corrected chi connectivity index (χ4v) is 10.1. The summed E-state index contributed by atoms with van der Waals surface area (Å²) in [6, 6.07) is -7.20. The third-order valence-corrected chi connectivity index (χ3v) is 14.7. The van der Waals surface area contributed by atoms with Crippen molar-refractivity contribution in [2.45, 2.75) is 203 Å². The van der Waals surface area contributed by atoms with Crippen LogP contribution >= 0.6 is 0 Å². The topological polar surface area (TPSA) is 426 Å². The molecule has 26 nitrogen and oxygen atoms in total. The number of rotatable bonds is 23. The van der Waals surface area contributed by atoms with Crippen LogP contribution in [0.1, 0.15) is 129 Å². The van der Waals surface area contributed by atoms with Crippen LogP contribution in [0.5, 0.6) is 5.75 Å². The molecule has 3 aliphatic rings. The molecule has 0 aliphatic carbocycles. The fraction of sp³-hybridized carbons (Fsp3) is 0.731. The molecule has 0 radical (unpaired) electrons. The Morgan fingerprint density at radius 2 is 1.37 bits per heavy atom. The van der Waals surface area contributed by atoms with E-state index in [9.17, 15) is 79.2 Å². The van der Waals surface area contributed by atoms with E-state index >= 15 is 0 Å². The lowest BCUT2D eigenvalue weighted by Gasteiger charge is -2.34. The summed E-state index contributed by atoms with van der Waals surface area (Å²) >= 11 is 0. The Morgan fingerprint density at radius 1 is 0.756 bits per heavy atom. The van der Waals surface area contributed by atoms with Crippen LogP contribution < -0.4 is 38.1 Å². The van der Waals surface area contributed by atoms with Gasteiger partial charge in [0.15, 0.2) is 6.23 Å². The standard InChI is InChI=1S/C52H85N9O17/c1-5-27(2)22-28(3)12-10-8-6-7-9-11-13-39(69)55-33-24-37(67)50(78-21-19-53)59-49(75)43-35(65)18-20-60(43)52(77)41(36(66)25-38(54)68)57-48(74)42(45(71)44(70)30-14-16-31(63)17-15-30)58-47(73)34-23-32(64)26-61(34)51(76)40(29(4)62)56-46(33)72/h14-17,27-29,32-37,40-45,50,62-67,70-71H,5-13,18-26,53H2,1-4H3,(H2,54,68)(H,55,69)(H,56,72)(H,57,74)(H,58,73)(H,59,75)/t27?,28?,29-,32-,33-,34+,35+,36-,37+,40+,41+,42+,43+,44+,45+,50+/m1/s1. The van der Waals surface area contributed by atoms with Gasteiger partial charge in [0, 0.05) is 38.9 Å². The molecular formula is C52H85N9O17. The molecule has 3 fully saturated rings. The van der Waals surface area contributed by atoms with E-state index < -0.39 is 165 Å². The predicted octanol–water partition coefficient (Wildman–Crippen LogP) is -3.36. The predicted molar refractivity (Wildman–Crippen MR) is 278 cm³/mol. The van der Waals surface area contributed by atoms with Crippen LogP contribution in [0.3, 0.4) is 0 Å². The SMILES string of the molecule is CCC(C)CC(C)CCCCCCCCC(=O)N[C@@H]1C[C@H](O)[C@H](OCCN)NC(=O)[C@@H]2[C@@H](O)CCN2C(=O)[C@H]([C@H](O)CC(N)=O)NC(=O)[C@H]([C@H](O)[C@@H](O)c2ccc(O)cc2)NC(=O)[C@@H]2C[C@@H](O)CN2C(=O)[C@H]([C@@H](C)O)NC1=O. The van der Waals surface area contributed by atoms with Crippen LogP contribution in [-0.2, 0) is 43.1 Å². The first-order chi connectivity index (χ1) is 36.9. The lowest BCUT2D eigenvalue weighted by Crippen LogP contribution is -2.64. The van der Waals surface area contributed by atoms with E-state index in [1.807, 2.05) is 0 Å². The number of aromatic hydroxyl groups is 1. The summed E-state index contributed by atoms with van der Waals surface area (Å²) in [6.45, 7) is 6.33. The third kappa shape index (κ3) is 18.8. The highest BCUT2D eigenvalue weighted by molar-refractivity contribution is 5.98. The van der Waals surface area contributed by atoms with Crippen LogP contribution in [0, 0.1) is 11.8 Å². The van der Waals surface area contributed by atoms with E-state index in [0.717, 1.165) is 67.4 Å². The minimum atomic E-state index is -2.36. The highest BCUT2D eigenvalue weighted by Crippen LogP contribution is 2.27. The maximum Gasteiger partial charge on any atom is 0.248 e. The molecule has 0 bridgehead atoms. The van der Waals surface area contributed by atoms with Crippen molar-refractivity contribution in [1.29, 1.82) is 0 Å². The molecule has 3 saturated heterocycles. The monoisotopic (exact) mass is 1110 g/mol. The highest BCUT2D eigenvalue weighted by atomic mass is 16.5. The number of benzene rings is 1. The van der Waals surface area contributed by atoms with Crippen molar-refractivity contribution in [3.63, 3.8) is 0 Å². The summed E-state index contributed by atoms with van der Waals surface area (Å²) in [6.07, 6.45) is -9.20. The summed E-state index contributed by atoms with van der Waals surface area (Å²) in [5.74, 6) is -8.30.